The van der Waals surface area contributed by atoms with Crippen molar-refractivity contribution in [2.24, 2.45) is 0 Å². The van der Waals surface area contributed by atoms with Gasteiger partial charge in [-0.3, -0.25) is 0 Å². The van der Waals surface area contributed by atoms with Crippen LogP contribution in [-0.2, 0) is 21.7 Å². The molecule has 11 aromatic carbocycles. The van der Waals surface area contributed by atoms with Gasteiger partial charge in [0.1, 0.15) is 23.0 Å². The molecule has 0 heterocycles. The highest BCUT2D eigenvalue weighted by Gasteiger charge is 2.32. The van der Waals surface area contributed by atoms with Gasteiger partial charge in [-0.1, -0.05) is 235 Å². The summed E-state index contributed by atoms with van der Waals surface area (Å²) in [4.78, 5) is 9.54. The van der Waals surface area contributed by atoms with Crippen LogP contribution in [0.1, 0.15) is 128 Å². The molecule has 0 radical (unpaired) electrons. The SMILES string of the molecule is Cc1cccc(C)c1N(c1ccccc1)c1cc(Oc2c(C(C)(C)C)cccc2C(C)(C)C)cc(N(c2ccccc2)c2cccc(N(c3ccccc3)c3cc(Oc4c(C(C)(C)C)cccc4C(C)(C)C)cc(N(c4ccccc4)c4c(C)cccc4C)c3)c2)c1. The standard InChI is InChI=1S/C86H90N4O2/c1-59-34-29-35-60(2)79(59)89(65-42-25-19-26-43-65)71-53-69(55-73(57-71)91-81-75(83(5,6)7)48-32-49-76(81)84(8,9)10)87(63-38-21-17-22-39-63)67-46-31-47-68(52-67)88(64-40-23-18-24-41-64)70-54-72(90(66-44-27-20-28-45-66)80-61(3)36-30-37-62(80)4)58-74(56-70)92-82-77(85(11,12)13)50-33-51-78(82)86(14,15)16/h17-58H,1-16H3. The summed E-state index contributed by atoms with van der Waals surface area (Å²) in [6.07, 6.45) is 0. The molecule has 0 bridgehead atoms. The van der Waals surface area contributed by atoms with Crippen molar-refractivity contribution in [2.45, 2.75) is 132 Å². The number of benzene rings is 11. The monoisotopic (exact) mass is 1210 g/mol. The molecule has 6 nitrogen and oxygen atoms in total. The molecule has 0 amide bonds. The minimum atomic E-state index is -0.218. The second-order valence-corrected chi connectivity index (χ2v) is 28.6. The normalized spacial score (nSPS) is 11.9. The largest absolute Gasteiger partial charge is 0.457 e. The van der Waals surface area contributed by atoms with Crippen LogP contribution in [0.3, 0.4) is 0 Å². The molecule has 0 atom stereocenters. The van der Waals surface area contributed by atoms with Crippen molar-refractivity contribution < 1.29 is 9.47 Å². The van der Waals surface area contributed by atoms with Gasteiger partial charge < -0.3 is 29.1 Å². The van der Waals surface area contributed by atoms with Gasteiger partial charge in [-0.05, 0) is 150 Å². The van der Waals surface area contributed by atoms with Gasteiger partial charge in [-0.25, -0.2) is 0 Å². The molecule has 0 fully saturated rings. The van der Waals surface area contributed by atoms with E-state index in [2.05, 4.69) is 385 Å². The van der Waals surface area contributed by atoms with Gasteiger partial charge in [-0.15, -0.1) is 0 Å². The van der Waals surface area contributed by atoms with Crippen LogP contribution in [0.5, 0.6) is 23.0 Å². The predicted octanol–water partition coefficient (Wildman–Crippen LogP) is 25.6. The van der Waals surface area contributed by atoms with E-state index < -0.39 is 0 Å². The summed E-state index contributed by atoms with van der Waals surface area (Å²) in [5.74, 6) is 3.19. The molecule has 0 aliphatic carbocycles. The molecule has 0 aromatic heterocycles. The van der Waals surface area contributed by atoms with Gasteiger partial charge in [0.25, 0.3) is 0 Å². The minimum Gasteiger partial charge on any atom is -0.457 e. The summed E-state index contributed by atoms with van der Waals surface area (Å²) in [5.41, 5.74) is 20.3. The Kier molecular flexibility index (Phi) is 17.9. The highest BCUT2D eigenvalue weighted by molar-refractivity contribution is 5.90. The third-order valence-electron chi connectivity index (χ3n) is 17.2. The molecule has 0 spiro atoms. The lowest BCUT2D eigenvalue weighted by Crippen LogP contribution is -2.19. The van der Waals surface area contributed by atoms with Crippen LogP contribution in [0.2, 0.25) is 0 Å². The van der Waals surface area contributed by atoms with E-state index in [0.717, 1.165) is 124 Å². The Bertz CT molecular complexity index is 3990. The Morgan fingerprint density at radius 2 is 0.435 bits per heavy atom. The number of nitrogens with zero attached hydrogens (tertiary/aromatic N) is 4. The molecule has 92 heavy (non-hydrogen) atoms. The molecule has 0 saturated carbocycles. The van der Waals surface area contributed by atoms with Crippen LogP contribution in [0.4, 0.5) is 68.2 Å². The molecule has 6 heteroatoms. The van der Waals surface area contributed by atoms with Crippen LogP contribution in [-0.4, -0.2) is 0 Å². The molecule has 11 aromatic rings. The number of hydrogen-bond acceptors (Lipinski definition) is 6. The van der Waals surface area contributed by atoms with Crippen LogP contribution >= 0.6 is 0 Å². The molecule has 466 valence electrons. The Morgan fingerprint density at radius 3 is 0.707 bits per heavy atom. The zero-order chi connectivity index (χ0) is 65.3. The maximum absolute atomic E-state index is 7.59. The van der Waals surface area contributed by atoms with Gasteiger partial charge in [0.2, 0.25) is 0 Å². The second kappa shape index (κ2) is 25.8. The first-order chi connectivity index (χ1) is 43.8. The smallest absolute Gasteiger partial charge is 0.134 e. The van der Waals surface area contributed by atoms with Crippen molar-refractivity contribution in [2.75, 3.05) is 19.6 Å². The molecule has 0 aliphatic heterocycles. The maximum atomic E-state index is 7.59. The predicted molar refractivity (Wildman–Crippen MR) is 392 cm³/mol. The maximum Gasteiger partial charge on any atom is 0.134 e. The highest BCUT2D eigenvalue weighted by atomic mass is 16.5. The lowest BCUT2D eigenvalue weighted by Gasteiger charge is -2.34. The third kappa shape index (κ3) is 13.6. The number of anilines is 12. The molecular weight excluding hydrogens is 1120 g/mol. The van der Waals surface area contributed by atoms with E-state index in [1.807, 2.05) is 0 Å². The van der Waals surface area contributed by atoms with Gasteiger partial charge in [0, 0.05) is 80.6 Å². The minimum absolute atomic E-state index is 0.218. The number of ether oxygens (including phenoxy) is 2. The van der Waals surface area contributed by atoms with Gasteiger partial charge in [0.05, 0.1) is 34.1 Å². The van der Waals surface area contributed by atoms with Gasteiger partial charge in [0.15, 0.2) is 0 Å². The van der Waals surface area contributed by atoms with E-state index in [-0.39, 0.29) is 21.7 Å². The number of rotatable bonds is 16. The van der Waals surface area contributed by atoms with Crippen LogP contribution in [0, 0.1) is 27.7 Å². The quantitative estimate of drug-likeness (QED) is 0.0958. The summed E-state index contributed by atoms with van der Waals surface area (Å²) >= 11 is 0. The van der Waals surface area contributed by atoms with Crippen LogP contribution in [0.25, 0.3) is 0 Å². The van der Waals surface area contributed by atoms with E-state index in [0.29, 0.717) is 11.5 Å². The first-order valence-electron chi connectivity index (χ1n) is 32.4. The van der Waals surface area contributed by atoms with Crippen molar-refractivity contribution in [3.05, 3.63) is 299 Å². The first-order valence-corrected chi connectivity index (χ1v) is 32.4. The molecule has 11 rings (SSSR count). The van der Waals surface area contributed by atoms with Crippen molar-refractivity contribution in [1.82, 2.24) is 0 Å². The fraction of sp³-hybridized carbons (Fsp3) is 0.233. The Morgan fingerprint density at radius 1 is 0.217 bits per heavy atom. The Balaban J connectivity index is 1.18. The number of hydrogen-bond donors (Lipinski definition) is 0. The summed E-state index contributed by atoms with van der Waals surface area (Å²) < 4.78 is 15.2. The molecular formula is C86H90N4O2. The Hall–Kier alpha value is -9.78. The van der Waals surface area contributed by atoms with Crippen molar-refractivity contribution >= 4 is 68.2 Å². The van der Waals surface area contributed by atoms with Gasteiger partial charge >= 0.3 is 0 Å². The average Bonchev–Trinajstić information content (AvgIpc) is 0.793. The first kappa shape index (κ1) is 63.8. The van der Waals surface area contributed by atoms with Crippen LogP contribution < -0.4 is 29.1 Å². The fourth-order valence-electron chi connectivity index (χ4n) is 12.8. The lowest BCUT2D eigenvalue weighted by molar-refractivity contribution is 0.432. The van der Waals surface area contributed by atoms with Crippen LogP contribution in [0.15, 0.2) is 255 Å². The van der Waals surface area contributed by atoms with Crippen molar-refractivity contribution in [1.29, 1.82) is 0 Å². The van der Waals surface area contributed by atoms with E-state index in [9.17, 15) is 0 Å². The van der Waals surface area contributed by atoms with E-state index in [4.69, 9.17) is 9.47 Å². The summed E-state index contributed by atoms with van der Waals surface area (Å²) in [6, 6.07) is 91.7. The highest BCUT2D eigenvalue weighted by Crippen LogP contribution is 2.51. The van der Waals surface area contributed by atoms with E-state index in [1.165, 1.54) is 0 Å². The van der Waals surface area contributed by atoms with Gasteiger partial charge in [-0.2, -0.15) is 0 Å². The van der Waals surface area contributed by atoms with E-state index in [1.54, 1.807) is 0 Å². The zero-order valence-electron chi connectivity index (χ0n) is 56.9. The van der Waals surface area contributed by atoms with E-state index >= 15 is 0 Å². The Labute approximate surface area is 549 Å². The third-order valence-corrected chi connectivity index (χ3v) is 17.2. The van der Waals surface area contributed by atoms with Crippen molar-refractivity contribution in [3.8, 4) is 23.0 Å². The summed E-state index contributed by atoms with van der Waals surface area (Å²) in [7, 11) is 0. The molecule has 0 N–H and O–H groups in total. The summed E-state index contributed by atoms with van der Waals surface area (Å²) in [6.45, 7) is 36.1. The lowest BCUT2D eigenvalue weighted by atomic mass is 9.79. The topological polar surface area (TPSA) is 31.4 Å². The zero-order valence-corrected chi connectivity index (χ0v) is 56.9. The number of para-hydroxylation sites is 8. The summed E-state index contributed by atoms with van der Waals surface area (Å²) in [5, 5.41) is 0. The van der Waals surface area contributed by atoms with Crippen molar-refractivity contribution in [3.63, 3.8) is 0 Å². The molecule has 0 saturated heterocycles. The fourth-order valence-corrected chi connectivity index (χ4v) is 12.8. The molecule has 0 unspecified atom stereocenters. The average molecular weight is 1210 g/mol. The second-order valence-electron chi connectivity index (χ2n) is 28.6. The number of aryl methyl sites for hydroxylation is 4. The molecule has 0 aliphatic rings.